The van der Waals surface area contributed by atoms with Crippen LogP contribution in [0.25, 0.3) is 0 Å². The molecular formula is C9H12BrClN2O3S2. The molecule has 0 saturated heterocycles. The van der Waals surface area contributed by atoms with Crippen molar-refractivity contribution >= 4 is 54.8 Å². The highest BCUT2D eigenvalue weighted by Crippen LogP contribution is 2.35. The number of halogens is 2. The summed E-state index contributed by atoms with van der Waals surface area (Å²) >= 11 is 9.89. The molecule has 0 aliphatic heterocycles. The number of amides is 1. The molecule has 0 saturated carbocycles. The predicted octanol–water partition coefficient (Wildman–Crippen LogP) is 2.10. The zero-order chi connectivity index (χ0) is 14.1. The lowest BCUT2D eigenvalue weighted by Gasteiger charge is -2.24. The second-order valence-electron chi connectivity index (χ2n) is 3.84. The molecule has 1 aromatic heterocycles. The maximum atomic E-state index is 12.1. The molecule has 0 radical (unpaired) electrons. The van der Waals surface area contributed by atoms with Gasteiger partial charge in [-0.1, -0.05) is 18.5 Å². The highest BCUT2D eigenvalue weighted by Gasteiger charge is 2.35. The summed E-state index contributed by atoms with van der Waals surface area (Å²) in [7, 11) is -3.82. The van der Waals surface area contributed by atoms with Gasteiger partial charge in [-0.2, -0.15) is 4.72 Å². The largest absolute Gasteiger partial charge is 0.368 e. The quantitative estimate of drug-likeness (QED) is 0.826. The van der Waals surface area contributed by atoms with E-state index in [-0.39, 0.29) is 10.6 Å². The number of thiophene rings is 1. The van der Waals surface area contributed by atoms with E-state index >= 15 is 0 Å². The summed E-state index contributed by atoms with van der Waals surface area (Å²) in [6.45, 7) is 3.11. The Balaban J connectivity index is 3.13. The van der Waals surface area contributed by atoms with Crippen LogP contribution >= 0.6 is 38.9 Å². The van der Waals surface area contributed by atoms with Crippen molar-refractivity contribution in [3.05, 3.63) is 14.9 Å². The highest BCUT2D eigenvalue weighted by molar-refractivity contribution is 9.11. The van der Waals surface area contributed by atoms with Crippen molar-refractivity contribution < 1.29 is 13.2 Å². The van der Waals surface area contributed by atoms with Gasteiger partial charge < -0.3 is 5.73 Å². The Hall–Kier alpha value is -0.150. The summed E-state index contributed by atoms with van der Waals surface area (Å²) in [5.74, 6) is -0.727. The first-order valence-corrected chi connectivity index (χ1v) is 8.38. The summed E-state index contributed by atoms with van der Waals surface area (Å²) < 4.78 is 27.0. The third-order valence-electron chi connectivity index (χ3n) is 2.50. The fraction of sp³-hybridized carbons (Fsp3) is 0.444. The summed E-state index contributed by atoms with van der Waals surface area (Å²) in [5, 5.41) is 0.303. The van der Waals surface area contributed by atoms with Crippen molar-refractivity contribution in [1.82, 2.24) is 4.72 Å². The molecule has 0 bridgehead atoms. The first-order chi connectivity index (χ1) is 8.12. The number of sulfonamides is 1. The van der Waals surface area contributed by atoms with Crippen LogP contribution in [0.1, 0.15) is 20.3 Å². The van der Waals surface area contributed by atoms with Gasteiger partial charge in [-0.05, 0) is 35.3 Å². The van der Waals surface area contributed by atoms with Crippen LogP contribution in [0.5, 0.6) is 0 Å². The van der Waals surface area contributed by atoms with Crippen LogP contribution in [0.4, 0.5) is 0 Å². The molecule has 9 heteroatoms. The Morgan fingerprint density at radius 2 is 2.22 bits per heavy atom. The normalized spacial score (nSPS) is 15.3. The van der Waals surface area contributed by atoms with Gasteiger partial charge >= 0.3 is 0 Å². The molecule has 0 fully saturated rings. The molecular weight excluding hydrogens is 364 g/mol. The van der Waals surface area contributed by atoms with Gasteiger partial charge in [-0.15, -0.1) is 11.3 Å². The monoisotopic (exact) mass is 374 g/mol. The molecule has 0 aliphatic carbocycles. The first-order valence-electron chi connectivity index (χ1n) is 4.91. The lowest BCUT2D eigenvalue weighted by Crippen LogP contribution is -2.54. The van der Waals surface area contributed by atoms with Gasteiger partial charge in [0.05, 0.1) is 8.81 Å². The Kier molecular flexibility index (Phi) is 4.82. The van der Waals surface area contributed by atoms with Gasteiger partial charge in [-0.3, -0.25) is 4.79 Å². The van der Waals surface area contributed by atoms with E-state index in [9.17, 15) is 13.2 Å². The zero-order valence-electron chi connectivity index (χ0n) is 9.66. The van der Waals surface area contributed by atoms with Crippen LogP contribution < -0.4 is 10.5 Å². The van der Waals surface area contributed by atoms with E-state index in [0.717, 1.165) is 11.3 Å². The summed E-state index contributed by atoms with van der Waals surface area (Å²) in [6, 6.07) is 1.32. The van der Waals surface area contributed by atoms with Crippen LogP contribution in [-0.2, 0) is 14.8 Å². The van der Waals surface area contributed by atoms with Crippen molar-refractivity contribution in [2.45, 2.75) is 30.0 Å². The Labute approximate surface area is 123 Å². The highest BCUT2D eigenvalue weighted by atomic mass is 79.9. The third kappa shape index (κ3) is 3.24. The van der Waals surface area contributed by atoms with Crippen molar-refractivity contribution in [1.29, 1.82) is 0 Å². The lowest BCUT2D eigenvalue weighted by molar-refractivity contribution is -0.123. The summed E-state index contributed by atoms with van der Waals surface area (Å²) in [6.07, 6.45) is 0.252. The zero-order valence-corrected chi connectivity index (χ0v) is 13.6. The fourth-order valence-electron chi connectivity index (χ4n) is 1.10. The number of rotatable bonds is 5. The lowest BCUT2D eigenvalue weighted by atomic mass is 10.0. The molecule has 102 valence electrons. The number of carbonyl (C=O) groups is 1. The van der Waals surface area contributed by atoms with E-state index < -0.39 is 21.5 Å². The maximum absolute atomic E-state index is 12.1. The number of hydrogen-bond acceptors (Lipinski definition) is 4. The van der Waals surface area contributed by atoms with Gasteiger partial charge in [0.25, 0.3) is 10.0 Å². The van der Waals surface area contributed by atoms with Crippen LogP contribution in [-0.4, -0.2) is 19.9 Å². The van der Waals surface area contributed by atoms with Gasteiger partial charge in [0, 0.05) is 0 Å². The van der Waals surface area contributed by atoms with Crippen molar-refractivity contribution in [3.8, 4) is 0 Å². The second-order valence-corrected chi connectivity index (χ2v) is 8.53. The fourth-order valence-corrected chi connectivity index (χ4v) is 4.95. The van der Waals surface area contributed by atoms with Gasteiger partial charge in [-0.25, -0.2) is 8.42 Å². The molecule has 3 N–H and O–H groups in total. The van der Waals surface area contributed by atoms with Crippen molar-refractivity contribution in [2.75, 3.05) is 0 Å². The van der Waals surface area contributed by atoms with Crippen LogP contribution in [0, 0.1) is 0 Å². The minimum absolute atomic E-state index is 0.0281. The molecule has 1 unspecified atom stereocenters. The van der Waals surface area contributed by atoms with Gasteiger partial charge in [0.1, 0.15) is 9.75 Å². The molecule has 1 atom stereocenters. The smallest absolute Gasteiger partial charge is 0.251 e. The number of nitrogens with two attached hydrogens (primary N) is 1. The topological polar surface area (TPSA) is 89.3 Å². The second kappa shape index (κ2) is 5.46. The van der Waals surface area contributed by atoms with E-state index in [0.29, 0.717) is 8.81 Å². The average Bonchev–Trinajstić information content (AvgIpc) is 2.59. The van der Waals surface area contributed by atoms with Crippen molar-refractivity contribution in [3.63, 3.8) is 0 Å². The van der Waals surface area contributed by atoms with Gasteiger partial charge in [0.2, 0.25) is 5.91 Å². The molecule has 0 aliphatic rings. The number of hydrogen-bond donors (Lipinski definition) is 2. The molecule has 1 heterocycles. The van der Waals surface area contributed by atoms with E-state index in [1.807, 2.05) is 0 Å². The number of carbonyl (C=O) groups excluding carboxylic acids is 1. The van der Waals surface area contributed by atoms with Gasteiger partial charge in [0.15, 0.2) is 0 Å². The predicted molar refractivity (Wildman–Crippen MR) is 75.2 cm³/mol. The average molecular weight is 376 g/mol. The molecule has 18 heavy (non-hydrogen) atoms. The van der Waals surface area contributed by atoms with E-state index in [4.69, 9.17) is 17.3 Å². The van der Waals surface area contributed by atoms with Crippen LogP contribution in [0.3, 0.4) is 0 Å². The van der Waals surface area contributed by atoms with E-state index in [2.05, 4.69) is 20.7 Å². The standard InChI is InChI=1S/C9H12BrClN2O3S2/c1-3-9(2,8(12)14)13-18(15,16)6-4-5(11)7(10)17-6/h4,13H,3H2,1-2H3,(H2,12,14). The van der Waals surface area contributed by atoms with Crippen molar-refractivity contribution in [2.24, 2.45) is 5.73 Å². The molecule has 0 aromatic carbocycles. The summed E-state index contributed by atoms with van der Waals surface area (Å²) in [4.78, 5) is 11.3. The Bertz CT molecular complexity index is 553. The minimum Gasteiger partial charge on any atom is -0.368 e. The molecule has 1 amide bonds. The molecule has 5 nitrogen and oxygen atoms in total. The minimum atomic E-state index is -3.82. The number of nitrogens with one attached hydrogen (secondary N) is 1. The van der Waals surface area contributed by atoms with Crippen LogP contribution in [0.15, 0.2) is 14.1 Å². The maximum Gasteiger partial charge on any atom is 0.251 e. The number of primary amides is 1. The Morgan fingerprint density at radius 3 is 2.56 bits per heavy atom. The first kappa shape index (κ1) is 15.9. The third-order valence-corrected chi connectivity index (χ3v) is 7.04. The SMILES string of the molecule is CCC(C)(NS(=O)(=O)c1cc(Cl)c(Br)s1)C(N)=O. The van der Waals surface area contributed by atoms with Crippen LogP contribution in [0.2, 0.25) is 5.02 Å². The van der Waals surface area contributed by atoms with E-state index in [1.165, 1.54) is 13.0 Å². The molecule has 0 spiro atoms. The molecule has 1 rings (SSSR count). The summed E-state index contributed by atoms with van der Waals surface area (Å²) in [5.41, 5.74) is 3.89. The van der Waals surface area contributed by atoms with E-state index in [1.54, 1.807) is 6.92 Å². The Morgan fingerprint density at radius 1 is 1.67 bits per heavy atom. The molecule has 1 aromatic rings.